The topological polar surface area (TPSA) is 20.3 Å². The van der Waals surface area contributed by atoms with Gasteiger partial charge in [-0.2, -0.15) is 0 Å². The Hall–Kier alpha value is -1.40. The third-order valence-corrected chi connectivity index (χ3v) is 5.36. The fraction of sp³-hybridized carbons (Fsp3) is 0.188. The van der Waals surface area contributed by atoms with Crippen LogP contribution in [0.3, 0.4) is 0 Å². The van der Waals surface area contributed by atoms with E-state index in [2.05, 4.69) is 15.9 Å². The van der Waals surface area contributed by atoms with Gasteiger partial charge in [0.1, 0.15) is 17.0 Å². The molecular weight excluding hydrogens is 372 g/mol. The highest BCUT2D eigenvalue weighted by Crippen LogP contribution is 2.40. The summed E-state index contributed by atoms with van der Waals surface area (Å²) in [6, 6.07) is 11.1. The van der Waals surface area contributed by atoms with Crippen LogP contribution in [0.5, 0.6) is 0 Å². The van der Waals surface area contributed by atoms with E-state index in [1.165, 1.54) is 23.9 Å². The number of thioether (sulfide) groups is 1. The molecule has 1 aliphatic heterocycles. The molecule has 1 heterocycles. The number of carbonyl (C=O) groups is 1. The fourth-order valence-corrected chi connectivity index (χ4v) is 3.95. The van der Waals surface area contributed by atoms with Crippen LogP contribution in [0, 0.1) is 11.6 Å². The molecule has 1 saturated heterocycles. The second-order valence-corrected chi connectivity index (χ2v) is 6.87. The maximum absolute atomic E-state index is 13.8. The summed E-state index contributed by atoms with van der Waals surface area (Å²) in [4.78, 5) is 13.8. The average Bonchev–Trinajstić information content (AvgIpc) is 2.86. The molecule has 1 aliphatic rings. The molecule has 2 aromatic rings. The molecular formula is C16H12BrF2NOS. The zero-order valence-electron chi connectivity index (χ0n) is 11.4. The molecule has 22 heavy (non-hydrogen) atoms. The van der Waals surface area contributed by atoms with Gasteiger partial charge in [-0.3, -0.25) is 4.79 Å². The molecule has 0 radical (unpaired) electrons. The molecule has 114 valence electrons. The molecule has 1 fully saturated rings. The number of carbonyl (C=O) groups excluding carboxylic acids is 1. The minimum absolute atomic E-state index is 0.0429. The van der Waals surface area contributed by atoms with Crippen LogP contribution in [0.15, 0.2) is 46.9 Å². The first-order chi connectivity index (χ1) is 10.6. The van der Waals surface area contributed by atoms with E-state index >= 15 is 0 Å². The van der Waals surface area contributed by atoms with E-state index in [1.54, 1.807) is 35.2 Å². The Morgan fingerprint density at radius 1 is 1.18 bits per heavy atom. The molecule has 1 atom stereocenters. The van der Waals surface area contributed by atoms with Crippen LogP contribution in [-0.4, -0.2) is 16.6 Å². The number of halogens is 3. The van der Waals surface area contributed by atoms with Crippen molar-refractivity contribution in [2.75, 3.05) is 5.75 Å². The molecule has 3 rings (SSSR count). The maximum Gasteiger partial charge on any atom is 0.234 e. The molecule has 0 spiro atoms. The van der Waals surface area contributed by atoms with Crippen molar-refractivity contribution in [1.82, 2.24) is 4.90 Å². The summed E-state index contributed by atoms with van der Waals surface area (Å²) >= 11 is 4.62. The second kappa shape index (κ2) is 6.38. The third kappa shape index (κ3) is 3.03. The number of hydrogen-bond donors (Lipinski definition) is 0. The van der Waals surface area contributed by atoms with Crippen molar-refractivity contribution in [3.05, 3.63) is 69.7 Å². The van der Waals surface area contributed by atoms with Gasteiger partial charge < -0.3 is 4.90 Å². The van der Waals surface area contributed by atoms with Crippen molar-refractivity contribution in [1.29, 1.82) is 0 Å². The van der Waals surface area contributed by atoms with Gasteiger partial charge in [0.2, 0.25) is 5.91 Å². The monoisotopic (exact) mass is 383 g/mol. The predicted octanol–water partition coefficient (Wildman–Crippen LogP) is 4.50. The average molecular weight is 384 g/mol. The first-order valence-corrected chi connectivity index (χ1v) is 8.50. The number of rotatable bonds is 3. The number of amides is 1. The lowest BCUT2D eigenvalue weighted by atomic mass is 10.1. The van der Waals surface area contributed by atoms with E-state index in [-0.39, 0.29) is 29.5 Å². The molecule has 2 nitrogen and oxygen atoms in total. The number of hydrogen-bond acceptors (Lipinski definition) is 2. The lowest BCUT2D eigenvalue weighted by molar-refractivity contribution is -0.128. The van der Waals surface area contributed by atoms with Crippen LogP contribution in [0.1, 0.15) is 16.5 Å². The van der Waals surface area contributed by atoms with Gasteiger partial charge in [-0.15, -0.1) is 11.8 Å². The van der Waals surface area contributed by atoms with Crippen LogP contribution in [0.25, 0.3) is 0 Å². The van der Waals surface area contributed by atoms with E-state index in [0.717, 1.165) is 5.56 Å². The summed E-state index contributed by atoms with van der Waals surface area (Å²) in [6.07, 6.45) is 0. The van der Waals surface area contributed by atoms with Gasteiger partial charge in [0.25, 0.3) is 0 Å². The van der Waals surface area contributed by atoms with Crippen LogP contribution >= 0.6 is 27.7 Å². The van der Waals surface area contributed by atoms with Gasteiger partial charge >= 0.3 is 0 Å². The Labute approximate surface area is 139 Å². The highest BCUT2D eigenvalue weighted by Gasteiger charge is 2.33. The van der Waals surface area contributed by atoms with Crippen molar-refractivity contribution in [3.63, 3.8) is 0 Å². The Kier molecular flexibility index (Phi) is 4.49. The van der Waals surface area contributed by atoms with Crippen molar-refractivity contribution in [2.24, 2.45) is 0 Å². The van der Waals surface area contributed by atoms with Crippen molar-refractivity contribution in [3.8, 4) is 0 Å². The fourth-order valence-electron chi connectivity index (χ4n) is 2.38. The first-order valence-electron chi connectivity index (χ1n) is 6.65. The molecule has 0 saturated carbocycles. The molecule has 6 heteroatoms. The van der Waals surface area contributed by atoms with E-state index in [0.29, 0.717) is 15.8 Å². The minimum Gasteiger partial charge on any atom is -0.321 e. The van der Waals surface area contributed by atoms with Crippen LogP contribution in [0.4, 0.5) is 8.78 Å². The molecule has 0 aliphatic carbocycles. The zero-order chi connectivity index (χ0) is 15.7. The van der Waals surface area contributed by atoms with Gasteiger partial charge in [0.05, 0.1) is 10.2 Å². The zero-order valence-corrected chi connectivity index (χ0v) is 13.8. The van der Waals surface area contributed by atoms with Gasteiger partial charge in [-0.1, -0.05) is 24.3 Å². The van der Waals surface area contributed by atoms with Crippen LogP contribution in [-0.2, 0) is 11.3 Å². The Morgan fingerprint density at radius 3 is 2.68 bits per heavy atom. The SMILES string of the molecule is O=C1CSC(c2ccc(F)c(Br)c2)N1Cc1ccccc1F. The maximum atomic E-state index is 13.8. The summed E-state index contributed by atoms with van der Waals surface area (Å²) < 4.78 is 27.5. The summed E-state index contributed by atoms with van der Waals surface area (Å²) in [5, 5.41) is -0.232. The van der Waals surface area contributed by atoms with Crippen molar-refractivity contribution < 1.29 is 13.6 Å². The van der Waals surface area contributed by atoms with E-state index in [1.807, 2.05) is 0 Å². The van der Waals surface area contributed by atoms with E-state index in [9.17, 15) is 13.6 Å². The van der Waals surface area contributed by atoms with Gasteiger partial charge in [0.15, 0.2) is 0 Å². The summed E-state index contributed by atoms with van der Waals surface area (Å²) in [6.45, 7) is 0.207. The highest BCUT2D eigenvalue weighted by molar-refractivity contribution is 9.10. The summed E-state index contributed by atoms with van der Waals surface area (Å²) in [5.41, 5.74) is 1.30. The highest BCUT2D eigenvalue weighted by atomic mass is 79.9. The lowest BCUT2D eigenvalue weighted by Crippen LogP contribution is -2.28. The smallest absolute Gasteiger partial charge is 0.234 e. The van der Waals surface area contributed by atoms with Gasteiger partial charge in [-0.25, -0.2) is 8.78 Å². The molecule has 0 bridgehead atoms. The first kappa shape index (κ1) is 15.5. The van der Waals surface area contributed by atoms with Gasteiger partial charge in [-0.05, 0) is 39.7 Å². The molecule has 1 unspecified atom stereocenters. The van der Waals surface area contributed by atoms with E-state index in [4.69, 9.17) is 0 Å². The summed E-state index contributed by atoms with van der Waals surface area (Å²) in [5.74, 6) is -0.377. The molecule has 2 aromatic carbocycles. The Bertz CT molecular complexity index is 725. The second-order valence-electron chi connectivity index (χ2n) is 4.95. The minimum atomic E-state index is -0.348. The molecule has 0 aromatic heterocycles. The molecule has 1 amide bonds. The number of nitrogens with zero attached hydrogens (tertiary/aromatic N) is 1. The van der Waals surface area contributed by atoms with Crippen LogP contribution in [0.2, 0.25) is 0 Å². The standard InChI is InChI=1S/C16H12BrF2NOS/c17-12-7-10(5-6-14(12)19)16-20(15(21)9-22-16)8-11-3-1-2-4-13(11)18/h1-7,16H,8-9H2. The van der Waals surface area contributed by atoms with E-state index < -0.39 is 0 Å². The van der Waals surface area contributed by atoms with Gasteiger partial charge in [0, 0.05) is 12.1 Å². The van der Waals surface area contributed by atoms with Crippen molar-refractivity contribution >= 4 is 33.6 Å². The third-order valence-electron chi connectivity index (χ3n) is 3.50. The Balaban J connectivity index is 1.89. The lowest BCUT2D eigenvalue weighted by Gasteiger charge is -2.24. The predicted molar refractivity (Wildman–Crippen MR) is 86.2 cm³/mol. The van der Waals surface area contributed by atoms with Crippen molar-refractivity contribution in [2.45, 2.75) is 11.9 Å². The molecule has 0 N–H and O–H groups in total. The summed E-state index contributed by atoms with van der Waals surface area (Å²) in [7, 11) is 0. The number of benzene rings is 2. The largest absolute Gasteiger partial charge is 0.321 e. The normalized spacial score (nSPS) is 18.0. The quantitative estimate of drug-likeness (QED) is 0.777. The Morgan fingerprint density at radius 2 is 1.95 bits per heavy atom. The van der Waals surface area contributed by atoms with Crippen LogP contribution < -0.4 is 0 Å².